The fourth-order valence-electron chi connectivity index (χ4n) is 1.98. The minimum Gasteiger partial charge on any atom is -0.493 e. The maximum absolute atomic E-state index is 13.0. The average molecular weight is 367 g/mol. The van der Waals surface area contributed by atoms with Crippen LogP contribution in [0.5, 0.6) is 11.5 Å². The Morgan fingerprint density at radius 1 is 1.28 bits per heavy atom. The number of carbonyl (C=O) groups is 1. The second-order valence-corrected chi connectivity index (χ2v) is 5.17. The molecule has 0 heterocycles. The molecule has 2 aromatic carbocycles. The number of hydrogen-bond acceptors (Lipinski definition) is 5. The van der Waals surface area contributed by atoms with Gasteiger partial charge >= 0.3 is 0 Å². The molecule has 1 amide bonds. The van der Waals surface area contributed by atoms with Crippen molar-refractivity contribution in [3.8, 4) is 11.5 Å². The molecule has 0 saturated heterocycles. The van der Waals surface area contributed by atoms with Crippen LogP contribution in [0.3, 0.4) is 0 Å². The Hall–Kier alpha value is -2.80. The number of ether oxygens (including phenoxy) is 2. The molecule has 132 valence electrons. The third-order valence-corrected chi connectivity index (χ3v) is 3.41. The third-order valence-electron chi connectivity index (χ3n) is 3.10. The molecule has 0 aromatic heterocycles. The fourth-order valence-corrected chi connectivity index (χ4v) is 2.20. The van der Waals surface area contributed by atoms with Crippen molar-refractivity contribution in [2.24, 2.45) is 5.16 Å². The summed E-state index contributed by atoms with van der Waals surface area (Å²) in [6.45, 7) is -0.337. The number of rotatable bonds is 7. The van der Waals surface area contributed by atoms with Gasteiger partial charge in [0.25, 0.3) is 5.91 Å². The van der Waals surface area contributed by atoms with E-state index >= 15 is 0 Å². The second-order valence-electron chi connectivity index (χ2n) is 4.76. The summed E-state index contributed by atoms with van der Waals surface area (Å²) >= 11 is 5.83. The first-order valence-corrected chi connectivity index (χ1v) is 7.54. The van der Waals surface area contributed by atoms with Gasteiger partial charge in [-0.1, -0.05) is 22.8 Å². The molecular weight excluding hydrogens is 351 g/mol. The predicted molar refractivity (Wildman–Crippen MR) is 93.1 cm³/mol. The van der Waals surface area contributed by atoms with E-state index in [1.54, 1.807) is 18.2 Å². The van der Waals surface area contributed by atoms with Gasteiger partial charge in [-0.15, -0.1) is 0 Å². The van der Waals surface area contributed by atoms with E-state index < -0.39 is 11.7 Å². The molecule has 0 saturated carbocycles. The van der Waals surface area contributed by atoms with Crippen molar-refractivity contribution in [3.63, 3.8) is 0 Å². The Morgan fingerprint density at radius 2 is 2.08 bits per heavy atom. The van der Waals surface area contributed by atoms with Crippen LogP contribution in [0.4, 0.5) is 10.1 Å². The van der Waals surface area contributed by atoms with Crippen molar-refractivity contribution in [1.82, 2.24) is 0 Å². The third kappa shape index (κ3) is 5.09. The number of halogens is 2. The van der Waals surface area contributed by atoms with Gasteiger partial charge in [0.05, 0.1) is 31.1 Å². The van der Waals surface area contributed by atoms with E-state index in [1.165, 1.54) is 32.6 Å². The van der Waals surface area contributed by atoms with Crippen LogP contribution in [0.2, 0.25) is 5.02 Å². The summed E-state index contributed by atoms with van der Waals surface area (Å²) in [5, 5.41) is 6.32. The van der Waals surface area contributed by atoms with Crippen LogP contribution in [0.15, 0.2) is 41.6 Å². The summed E-state index contributed by atoms with van der Waals surface area (Å²) in [6.07, 6.45) is 1.40. The van der Waals surface area contributed by atoms with Gasteiger partial charge in [0.15, 0.2) is 18.1 Å². The number of oxime groups is 1. The summed E-state index contributed by atoms with van der Waals surface area (Å²) in [4.78, 5) is 16.7. The summed E-state index contributed by atoms with van der Waals surface area (Å²) < 4.78 is 23.4. The SMILES string of the molecule is COc1cccc(/C=N\OCC(=O)Nc2ccc(F)cc2Cl)c1OC. The Labute approximate surface area is 149 Å². The molecule has 0 atom stereocenters. The van der Waals surface area contributed by atoms with Gasteiger partial charge < -0.3 is 19.6 Å². The lowest BCUT2D eigenvalue weighted by atomic mass is 10.2. The normalized spacial score (nSPS) is 10.6. The van der Waals surface area contributed by atoms with Gasteiger partial charge in [-0.05, 0) is 30.3 Å². The van der Waals surface area contributed by atoms with Gasteiger partial charge in [0, 0.05) is 5.56 Å². The van der Waals surface area contributed by atoms with E-state index in [0.717, 1.165) is 6.07 Å². The lowest BCUT2D eigenvalue weighted by molar-refractivity contribution is -0.120. The molecule has 8 heteroatoms. The highest BCUT2D eigenvalue weighted by atomic mass is 35.5. The zero-order chi connectivity index (χ0) is 18.2. The number of nitrogens with zero attached hydrogens (tertiary/aromatic N) is 1. The zero-order valence-corrected chi connectivity index (χ0v) is 14.3. The van der Waals surface area contributed by atoms with Gasteiger partial charge in [0.2, 0.25) is 0 Å². The zero-order valence-electron chi connectivity index (χ0n) is 13.6. The predicted octanol–water partition coefficient (Wildman–Crippen LogP) is 3.49. The van der Waals surface area contributed by atoms with E-state index in [9.17, 15) is 9.18 Å². The Kier molecular flexibility index (Phi) is 6.59. The Bertz CT molecular complexity index is 783. The van der Waals surface area contributed by atoms with E-state index in [1.807, 2.05) is 0 Å². The number of amides is 1. The van der Waals surface area contributed by atoms with Gasteiger partial charge in [-0.2, -0.15) is 0 Å². The maximum atomic E-state index is 13.0. The molecule has 0 spiro atoms. The first kappa shape index (κ1) is 18.5. The minimum absolute atomic E-state index is 0.0953. The molecule has 0 aliphatic carbocycles. The molecule has 6 nitrogen and oxygen atoms in total. The molecule has 0 bridgehead atoms. The monoisotopic (exact) mass is 366 g/mol. The number of methoxy groups -OCH3 is 2. The molecule has 25 heavy (non-hydrogen) atoms. The van der Waals surface area contributed by atoms with Crippen LogP contribution in [0, 0.1) is 5.82 Å². The van der Waals surface area contributed by atoms with Crippen LogP contribution in [0.1, 0.15) is 5.56 Å². The number of benzene rings is 2. The number of carbonyl (C=O) groups excluding carboxylic acids is 1. The Balaban J connectivity index is 1.92. The second kappa shape index (κ2) is 8.89. The molecule has 1 N–H and O–H groups in total. The molecule has 0 aliphatic heterocycles. The Morgan fingerprint density at radius 3 is 2.76 bits per heavy atom. The topological polar surface area (TPSA) is 69.2 Å². The number of anilines is 1. The van der Waals surface area contributed by atoms with Crippen molar-refractivity contribution in [1.29, 1.82) is 0 Å². The average Bonchev–Trinajstić information content (AvgIpc) is 2.60. The first-order chi connectivity index (χ1) is 12.0. The molecule has 0 aliphatic rings. The van der Waals surface area contributed by atoms with Crippen LogP contribution in [0.25, 0.3) is 0 Å². The number of para-hydroxylation sites is 1. The van der Waals surface area contributed by atoms with Crippen LogP contribution in [-0.2, 0) is 9.63 Å². The standard InChI is InChI=1S/C17H16ClFN2O4/c1-23-15-5-3-4-11(17(15)24-2)9-20-25-10-16(22)21-14-7-6-12(19)8-13(14)18/h3-9H,10H2,1-2H3,(H,21,22)/b20-9-. The molecule has 2 aromatic rings. The van der Waals surface area contributed by atoms with Gasteiger partial charge in [-0.25, -0.2) is 4.39 Å². The number of hydrogen-bond donors (Lipinski definition) is 1. The summed E-state index contributed by atoms with van der Waals surface area (Å²) in [6, 6.07) is 8.93. The summed E-state index contributed by atoms with van der Waals surface area (Å²) in [5.41, 5.74) is 0.916. The van der Waals surface area contributed by atoms with Crippen molar-refractivity contribution >= 4 is 29.4 Å². The van der Waals surface area contributed by atoms with Crippen molar-refractivity contribution in [3.05, 3.63) is 52.8 Å². The van der Waals surface area contributed by atoms with Crippen molar-refractivity contribution < 1.29 is 23.5 Å². The molecule has 0 fully saturated rings. The summed E-state index contributed by atoms with van der Waals surface area (Å²) in [5.74, 6) is 0.0781. The van der Waals surface area contributed by atoms with Crippen molar-refractivity contribution in [2.45, 2.75) is 0 Å². The lowest BCUT2D eigenvalue weighted by Crippen LogP contribution is -2.17. The van der Waals surface area contributed by atoms with E-state index in [0.29, 0.717) is 17.1 Å². The van der Waals surface area contributed by atoms with Crippen molar-refractivity contribution in [2.75, 3.05) is 26.1 Å². The highest BCUT2D eigenvalue weighted by Gasteiger charge is 2.09. The number of nitrogens with one attached hydrogen (secondary N) is 1. The van der Waals surface area contributed by atoms with Gasteiger partial charge in [-0.3, -0.25) is 4.79 Å². The highest BCUT2D eigenvalue weighted by Crippen LogP contribution is 2.29. The quantitative estimate of drug-likeness (QED) is 0.601. The molecule has 0 radical (unpaired) electrons. The maximum Gasteiger partial charge on any atom is 0.265 e. The van der Waals surface area contributed by atoms with Crippen LogP contribution in [-0.4, -0.2) is 32.9 Å². The van der Waals surface area contributed by atoms with Gasteiger partial charge in [0.1, 0.15) is 5.82 Å². The first-order valence-electron chi connectivity index (χ1n) is 7.16. The summed E-state index contributed by atoms with van der Waals surface area (Å²) in [7, 11) is 3.04. The smallest absolute Gasteiger partial charge is 0.265 e. The largest absolute Gasteiger partial charge is 0.493 e. The van der Waals surface area contributed by atoms with E-state index in [2.05, 4.69) is 10.5 Å². The lowest BCUT2D eigenvalue weighted by Gasteiger charge is -2.09. The molecular formula is C17H16ClFN2O4. The molecule has 2 rings (SSSR count). The molecule has 0 unspecified atom stereocenters. The van der Waals surface area contributed by atoms with E-state index in [-0.39, 0.29) is 17.3 Å². The fraction of sp³-hybridized carbons (Fsp3) is 0.176. The minimum atomic E-state index is -0.490. The van der Waals surface area contributed by atoms with Crippen LogP contribution >= 0.6 is 11.6 Å². The van der Waals surface area contributed by atoms with E-state index in [4.69, 9.17) is 25.9 Å². The van der Waals surface area contributed by atoms with Crippen LogP contribution < -0.4 is 14.8 Å². The highest BCUT2D eigenvalue weighted by molar-refractivity contribution is 6.33.